The lowest BCUT2D eigenvalue weighted by atomic mass is 9.77. The summed E-state index contributed by atoms with van der Waals surface area (Å²) in [5.41, 5.74) is 3.19. The fourth-order valence-electron chi connectivity index (χ4n) is 2.91. The quantitative estimate of drug-likeness (QED) is 0.901. The van der Waals surface area contributed by atoms with Gasteiger partial charge in [-0.05, 0) is 38.5 Å². The molecular formula is C17H17BrN2O. The molecule has 108 valence electrons. The number of hydrogen-bond acceptors (Lipinski definition) is 2. The van der Waals surface area contributed by atoms with Crippen LogP contribution in [0.1, 0.15) is 25.3 Å². The Morgan fingerprint density at radius 3 is 2.48 bits per heavy atom. The maximum atomic E-state index is 12.1. The number of carbonyl (C=O) groups excluding carboxylic acids is 1. The largest absolute Gasteiger partial charge is 0.355 e. The molecular weight excluding hydrogens is 328 g/mol. The van der Waals surface area contributed by atoms with Crippen molar-refractivity contribution in [3.63, 3.8) is 0 Å². The molecule has 3 rings (SSSR count). The number of benzene rings is 1. The number of pyridine rings is 1. The summed E-state index contributed by atoms with van der Waals surface area (Å²) in [7, 11) is 0. The summed E-state index contributed by atoms with van der Waals surface area (Å²) in [5, 5.41) is 2.96. The van der Waals surface area contributed by atoms with Crippen LogP contribution in [0.15, 0.2) is 47.2 Å². The van der Waals surface area contributed by atoms with Crippen LogP contribution in [0.25, 0.3) is 11.1 Å². The number of halogens is 1. The van der Waals surface area contributed by atoms with Gasteiger partial charge in [0.2, 0.25) is 5.91 Å². The van der Waals surface area contributed by atoms with Crippen LogP contribution in [0.2, 0.25) is 0 Å². The van der Waals surface area contributed by atoms with Crippen LogP contribution in [0.4, 0.5) is 0 Å². The van der Waals surface area contributed by atoms with Gasteiger partial charge in [-0.3, -0.25) is 9.78 Å². The summed E-state index contributed by atoms with van der Waals surface area (Å²) in [6, 6.07) is 10.2. The molecule has 0 bridgehead atoms. The summed E-state index contributed by atoms with van der Waals surface area (Å²) in [5.74, 6) is 0.0454. The van der Waals surface area contributed by atoms with Gasteiger partial charge >= 0.3 is 0 Å². The number of nitrogens with zero attached hydrogens (tertiary/aromatic N) is 1. The number of hydrogen-bond donors (Lipinski definition) is 1. The number of amides is 1. The second kappa shape index (κ2) is 5.26. The molecule has 1 saturated heterocycles. The van der Waals surface area contributed by atoms with Crippen molar-refractivity contribution in [3.05, 3.63) is 52.8 Å². The molecule has 21 heavy (non-hydrogen) atoms. The van der Waals surface area contributed by atoms with E-state index in [1.807, 2.05) is 24.4 Å². The lowest BCUT2D eigenvalue weighted by Crippen LogP contribution is -2.21. The van der Waals surface area contributed by atoms with Crippen molar-refractivity contribution in [2.24, 2.45) is 5.41 Å². The Hall–Kier alpha value is -1.68. The van der Waals surface area contributed by atoms with Crippen LogP contribution in [-0.2, 0) is 4.79 Å². The Bertz CT molecular complexity index is 679. The van der Waals surface area contributed by atoms with E-state index in [-0.39, 0.29) is 17.2 Å². The van der Waals surface area contributed by atoms with Crippen LogP contribution in [0.5, 0.6) is 0 Å². The first-order chi connectivity index (χ1) is 9.97. The molecule has 0 radical (unpaired) electrons. The van der Waals surface area contributed by atoms with Crippen molar-refractivity contribution in [2.75, 3.05) is 6.54 Å². The smallest absolute Gasteiger partial charge is 0.228 e. The molecule has 4 heteroatoms. The molecule has 0 saturated carbocycles. The van der Waals surface area contributed by atoms with E-state index < -0.39 is 0 Å². The van der Waals surface area contributed by atoms with Crippen LogP contribution in [-0.4, -0.2) is 17.4 Å². The summed E-state index contributed by atoms with van der Waals surface area (Å²) in [4.78, 5) is 16.2. The van der Waals surface area contributed by atoms with E-state index in [0.717, 1.165) is 27.7 Å². The van der Waals surface area contributed by atoms with Crippen molar-refractivity contribution < 1.29 is 4.79 Å². The maximum absolute atomic E-state index is 12.1. The molecule has 1 aliphatic rings. The van der Waals surface area contributed by atoms with Gasteiger partial charge < -0.3 is 5.32 Å². The molecule has 1 unspecified atom stereocenters. The molecule has 2 aromatic rings. The number of aromatic nitrogens is 1. The van der Waals surface area contributed by atoms with Gasteiger partial charge in [0.1, 0.15) is 0 Å². The van der Waals surface area contributed by atoms with E-state index in [4.69, 9.17) is 0 Å². The van der Waals surface area contributed by atoms with Crippen LogP contribution in [0, 0.1) is 5.41 Å². The van der Waals surface area contributed by atoms with E-state index in [2.05, 4.69) is 52.2 Å². The second-order valence-corrected chi connectivity index (χ2v) is 7.07. The molecule has 1 aromatic carbocycles. The van der Waals surface area contributed by atoms with Crippen molar-refractivity contribution >= 4 is 21.8 Å². The number of nitrogens with one attached hydrogen (secondary N) is 1. The SMILES string of the molecule is CC1(C)CNC(=O)C1c1ccc(-c2cncc(Br)c2)cc1. The average molecular weight is 345 g/mol. The summed E-state index contributed by atoms with van der Waals surface area (Å²) < 4.78 is 0.959. The van der Waals surface area contributed by atoms with Crippen LogP contribution < -0.4 is 5.32 Å². The normalized spacial score (nSPS) is 20.3. The Morgan fingerprint density at radius 1 is 1.19 bits per heavy atom. The summed E-state index contributed by atoms with van der Waals surface area (Å²) in [6.07, 6.45) is 3.61. The Labute approximate surface area is 132 Å². The van der Waals surface area contributed by atoms with Gasteiger partial charge in [0.05, 0.1) is 5.92 Å². The topological polar surface area (TPSA) is 42.0 Å². The van der Waals surface area contributed by atoms with E-state index in [9.17, 15) is 4.79 Å². The van der Waals surface area contributed by atoms with Gasteiger partial charge in [-0.15, -0.1) is 0 Å². The molecule has 1 amide bonds. The second-order valence-electron chi connectivity index (χ2n) is 6.15. The lowest BCUT2D eigenvalue weighted by molar-refractivity contribution is -0.121. The number of rotatable bonds is 2. The third kappa shape index (κ3) is 2.72. The summed E-state index contributed by atoms with van der Waals surface area (Å²) in [6.45, 7) is 4.98. The van der Waals surface area contributed by atoms with Gasteiger partial charge in [-0.25, -0.2) is 0 Å². The van der Waals surface area contributed by atoms with E-state index in [1.54, 1.807) is 6.20 Å². The fourth-order valence-corrected chi connectivity index (χ4v) is 3.28. The van der Waals surface area contributed by atoms with Gasteiger partial charge in [0.25, 0.3) is 0 Å². The van der Waals surface area contributed by atoms with Crippen molar-refractivity contribution in [1.82, 2.24) is 10.3 Å². The zero-order valence-corrected chi connectivity index (χ0v) is 13.6. The lowest BCUT2D eigenvalue weighted by Gasteiger charge is -2.24. The summed E-state index contributed by atoms with van der Waals surface area (Å²) >= 11 is 3.44. The molecule has 0 aliphatic carbocycles. The molecule has 3 nitrogen and oxygen atoms in total. The minimum atomic E-state index is -0.0767. The van der Waals surface area contributed by atoms with Crippen molar-refractivity contribution in [3.8, 4) is 11.1 Å². The van der Waals surface area contributed by atoms with Gasteiger partial charge in [0, 0.05) is 29.0 Å². The first-order valence-electron chi connectivity index (χ1n) is 6.96. The third-order valence-electron chi connectivity index (χ3n) is 4.04. The highest BCUT2D eigenvalue weighted by atomic mass is 79.9. The monoisotopic (exact) mass is 344 g/mol. The highest BCUT2D eigenvalue weighted by Crippen LogP contribution is 2.39. The zero-order valence-electron chi connectivity index (χ0n) is 12.1. The Morgan fingerprint density at radius 2 is 1.90 bits per heavy atom. The first kappa shape index (κ1) is 14.3. The minimum absolute atomic E-state index is 0.0457. The molecule has 1 aromatic heterocycles. The minimum Gasteiger partial charge on any atom is -0.355 e. The highest BCUT2D eigenvalue weighted by Gasteiger charge is 2.41. The standard InChI is InChI=1S/C17H17BrN2O/c1-17(2)10-20-16(21)15(17)12-5-3-11(4-6-12)13-7-14(18)9-19-8-13/h3-9,15H,10H2,1-2H3,(H,20,21). The van der Waals surface area contributed by atoms with Gasteiger partial charge in [0.15, 0.2) is 0 Å². The van der Waals surface area contributed by atoms with Crippen LogP contribution >= 0.6 is 15.9 Å². The molecule has 1 N–H and O–H groups in total. The van der Waals surface area contributed by atoms with Crippen LogP contribution in [0.3, 0.4) is 0 Å². The van der Waals surface area contributed by atoms with Gasteiger partial charge in [-0.1, -0.05) is 38.1 Å². The first-order valence-corrected chi connectivity index (χ1v) is 7.75. The van der Waals surface area contributed by atoms with Crippen molar-refractivity contribution in [1.29, 1.82) is 0 Å². The molecule has 1 fully saturated rings. The van der Waals surface area contributed by atoms with Gasteiger partial charge in [-0.2, -0.15) is 0 Å². The Balaban J connectivity index is 1.93. The predicted molar refractivity (Wildman–Crippen MR) is 86.9 cm³/mol. The van der Waals surface area contributed by atoms with E-state index in [0.29, 0.717) is 0 Å². The average Bonchev–Trinajstić information content (AvgIpc) is 2.73. The third-order valence-corrected chi connectivity index (χ3v) is 4.48. The maximum Gasteiger partial charge on any atom is 0.228 e. The Kier molecular flexibility index (Phi) is 3.57. The van der Waals surface area contributed by atoms with E-state index in [1.165, 1.54) is 0 Å². The van der Waals surface area contributed by atoms with E-state index >= 15 is 0 Å². The molecule has 1 aliphatic heterocycles. The zero-order chi connectivity index (χ0) is 15.0. The molecule has 2 heterocycles. The molecule has 1 atom stereocenters. The van der Waals surface area contributed by atoms with Crippen molar-refractivity contribution in [2.45, 2.75) is 19.8 Å². The highest BCUT2D eigenvalue weighted by molar-refractivity contribution is 9.10. The molecule has 0 spiro atoms. The number of carbonyl (C=O) groups is 1. The fraction of sp³-hybridized carbons (Fsp3) is 0.294. The predicted octanol–water partition coefficient (Wildman–Crippen LogP) is 3.75.